The molecule has 4 rings (SSSR count). The van der Waals surface area contributed by atoms with Crippen LogP contribution in [0.4, 0.5) is 5.82 Å². The van der Waals surface area contributed by atoms with Gasteiger partial charge >= 0.3 is 0 Å². The van der Waals surface area contributed by atoms with Gasteiger partial charge in [-0.15, -0.1) is 0 Å². The number of aromatic nitrogens is 3. The molecule has 35 heavy (non-hydrogen) atoms. The van der Waals surface area contributed by atoms with Crippen LogP contribution in [-0.2, 0) is 14.2 Å². The summed E-state index contributed by atoms with van der Waals surface area (Å²) in [5.41, 5.74) is 4.36. The molecule has 0 bridgehead atoms. The molecule has 186 valence electrons. The van der Waals surface area contributed by atoms with Gasteiger partial charge in [0.25, 0.3) is 0 Å². The van der Waals surface area contributed by atoms with Crippen molar-refractivity contribution in [2.75, 3.05) is 71.2 Å². The van der Waals surface area contributed by atoms with Gasteiger partial charge in [-0.05, 0) is 29.8 Å². The third-order valence-electron chi connectivity index (χ3n) is 5.51. The van der Waals surface area contributed by atoms with Crippen LogP contribution in [0.15, 0.2) is 55.0 Å². The average Bonchev–Trinajstić information content (AvgIpc) is 3.27. The van der Waals surface area contributed by atoms with Crippen LogP contribution in [0.2, 0.25) is 0 Å². The Bertz CT molecular complexity index is 1170. The smallest absolute Gasteiger partial charge is 0.125 e. The molecule has 0 fully saturated rings. The normalized spacial score (nSPS) is 11.5. The summed E-state index contributed by atoms with van der Waals surface area (Å²) in [4.78, 5) is 12.2. The molecule has 0 atom stereocenters. The van der Waals surface area contributed by atoms with E-state index in [0.717, 1.165) is 39.9 Å². The Morgan fingerprint density at radius 3 is 2.29 bits per heavy atom. The maximum Gasteiger partial charge on any atom is 0.125 e. The number of ether oxygens (including phenoxy) is 3. The van der Waals surface area contributed by atoms with Crippen molar-refractivity contribution in [3.63, 3.8) is 0 Å². The first-order valence-corrected chi connectivity index (χ1v) is 12.0. The second kappa shape index (κ2) is 13.7. The number of hydrogen-bond acceptors (Lipinski definition) is 8. The molecule has 0 saturated heterocycles. The number of H-pyrrole nitrogens is 1. The van der Waals surface area contributed by atoms with Gasteiger partial charge in [0.05, 0.1) is 46.2 Å². The number of anilines is 1. The van der Waals surface area contributed by atoms with E-state index < -0.39 is 0 Å². The third-order valence-corrected chi connectivity index (χ3v) is 5.51. The lowest BCUT2D eigenvalue weighted by Gasteiger charge is -2.09. The van der Waals surface area contributed by atoms with Gasteiger partial charge in [-0.1, -0.05) is 12.1 Å². The van der Waals surface area contributed by atoms with Crippen molar-refractivity contribution >= 4 is 27.6 Å². The summed E-state index contributed by atoms with van der Waals surface area (Å²) in [5.74, 6) is 0.817. The predicted octanol–water partition coefficient (Wildman–Crippen LogP) is 2.82. The summed E-state index contributed by atoms with van der Waals surface area (Å²) in [7, 11) is 0. The van der Waals surface area contributed by atoms with E-state index >= 15 is 0 Å². The minimum atomic E-state index is 0.143. The van der Waals surface area contributed by atoms with Gasteiger partial charge < -0.3 is 34.9 Å². The highest BCUT2D eigenvalue weighted by Crippen LogP contribution is 2.29. The van der Waals surface area contributed by atoms with Gasteiger partial charge in [0, 0.05) is 65.6 Å². The van der Waals surface area contributed by atoms with Crippen LogP contribution in [0.5, 0.6) is 0 Å². The standard InChI is InChI=1S/C26H33N5O4/c32-10-7-27-8-11-33-13-15-35-16-14-34-12-9-29-26-4-2-21(18-30-26)20-1-3-22-23-19-28-6-5-24(23)31-25(22)17-20/h1-6,17-19,27,31-32H,7-16H2,(H,29,30). The van der Waals surface area contributed by atoms with Crippen LogP contribution in [0.25, 0.3) is 32.9 Å². The fourth-order valence-electron chi connectivity index (χ4n) is 3.74. The maximum atomic E-state index is 8.65. The molecule has 4 N–H and O–H groups in total. The van der Waals surface area contributed by atoms with Gasteiger partial charge in [-0.2, -0.15) is 0 Å². The Labute approximate surface area is 204 Å². The van der Waals surface area contributed by atoms with E-state index in [1.54, 1.807) is 6.20 Å². The number of rotatable bonds is 16. The molecule has 0 spiro atoms. The highest BCUT2D eigenvalue weighted by atomic mass is 16.5. The molecular formula is C26H33N5O4. The first-order valence-electron chi connectivity index (χ1n) is 12.0. The second-order valence-electron chi connectivity index (χ2n) is 7.98. The van der Waals surface area contributed by atoms with Crippen LogP contribution in [0, 0.1) is 0 Å². The van der Waals surface area contributed by atoms with Crippen LogP contribution < -0.4 is 10.6 Å². The SMILES string of the molecule is OCCNCCOCCOCCOCCNc1ccc(-c2ccc3c(c2)[nH]c2ccncc23)cn1. The van der Waals surface area contributed by atoms with Crippen molar-refractivity contribution in [1.29, 1.82) is 0 Å². The number of aliphatic hydroxyl groups is 1. The molecule has 0 aliphatic heterocycles. The van der Waals surface area contributed by atoms with E-state index in [2.05, 4.69) is 49.9 Å². The van der Waals surface area contributed by atoms with Crippen LogP contribution in [0.1, 0.15) is 0 Å². The molecule has 0 aliphatic rings. The molecule has 0 amide bonds. The van der Waals surface area contributed by atoms with E-state index in [-0.39, 0.29) is 6.61 Å². The topological polar surface area (TPSA) is 114 Å². The average molecular weight is 480 g/mol. The molecule has 3 heterocycles. The minimum Gasteiger partial charge on any atom is -0.395 e. The number of aliphatic hydroxyl groups excluding tert-OH is 1. The van der Waals surface area contributed by atoms with Crippen LogP contribution in [-0.4, -0.2) is 85.9 Å². The van der Waals surface area contributed by atoms with E-state index in [1.807, 2.05) is 24.5 Å². The molecule has 4 aromatic rings. The maximum absolute atomic E-state index is 8.65. The number of benzene rings is 1. The highest BCUT2D eigenvalue weighted by molar-refractivity contribution is 6.07. The Balaban J connectivity index is 1.10. The zero-order chi connectivity index (χ0) is 24.1. The van der Waals surface area contributed by atoms with Gasteiger partial charge in [0.2, 0.25) is 0 Å². The Kier molecular flexibility index (Phi) is 9.81. The van der Waals surface area contributed by atoms with Gasteiger partial charge in [-0.3, -0.25) is 4.98 Å². The van der Waals surface area contributed by atoms with E-state index in [1.165, 1.54) is 5.39 Å². The van der Waals surface area contributed by atoms with Crippen molar-refractivity contribution in [2.45, 2.75) is 0 Å². The summed E-state index contributed by atoms with van der Waals surface area (Å²) in [6.45, 7) is 5.49. The third kappa shape index (κ3) is 7.45. The molecular weight excluding hydrogens is 446 g/mol. The summed E-state index contributed by atoms with van der Waals surface area (Å²) < 4.78 is 16.5. The van der Waals surface area contributed by atoms with Crippen molar-refractivity contribution in [3.8, 4) is 11.1 Å². The van der Waals surface area contributed by atoms with Crippen LogP contribution >= 0.6 is 0 Å². The Morgan fingerprint density at radius 2 is 1.51 bits per heavy atom. The van der Waals surface area contributed by atoms with Crippen molar-refractivity contribution in [1.82, 2.24) is 20.3 Å². The first kappa shape index (κ1) is 25.0. The summed E-state index contributed by atoms with van der Waals surface area (Å²) in [5, 5.41) is 17.3. The van der Waals surface area contributed by atoms with Gasteiger partial charge in [0.1, 0.15) is 5.82 Å². The number of aromatic amines is 1. The van der Waals surface area contributed by atoms with E-state index in [0.29, 0.717) is 52.7 Å². The molecule has 3 aromatic heterocycles. The first-order chi connectivity index (χ1) is 17.3. The van der Waals surface area contributed by atoms with Crippen molar-refractivity contribution < 1.29 is 19.3 Å². The highest BCUT2D eigenvalue weighted by Gasteiger charge is 2.06. The number of nitrogens with one attached hydrogen (secondary N) is 3. The van der Waals surface area contributed by atoms with Crippen molar-refractivity contribution in [2.24, 2.45) is 0 Å². The minimum absolute atomic E-state index is 0.143. The molecule has 9 heteroatoms. The zero-order valence-electron chi connectivity index (χ0n) is 19.8. The molecule has 0 radical (unpaired) electrons. The number of fused-ring (bicyclic) bond motifs is 3. The fourth-order valence-corrected chi connectivity index (χ4v) is 3.74. The summed E-state index contributed by atoms with van der Waals surface area (Å²) >= 11 is 0. The Hall–Kier alpha value is -3.08. The lowest BCUT2D eigenvalue weighted by atomic mass is 10.1. The molecule has 0 saturated carbocycles. The molecule has 0 aliphatic carbocycles. The monoisotopic (exact) mass is 479 g/mol. The van der Waals surface area contributed by atoms with Gasteiger partial charge in [-0.25, -0.2) is 4.98 Å². The Morgan fingerprint density at radius 1 is 0.743 bits per heavy atom. The van der Waals surface area contributed by atoms with E-state index in [4.69, 9.17) is 19.3 Å². The lowest BCUT2D eigenvalue weighted by molar-refractivity contribution is 0.0169. The quantitative estimate of drug-likeness (QED) is 0.182. The lowest BCUT2D eigenvalue weighted by Crippen LogP contribution is -2.23. The fraction of sp³-hybridized carbons (Fsp3) is 0.385. The second-order valence-corrected chi connectivity index (χ2v) is 7.98. The number of hydrogen-bond donors (Lipinski definition) is 4. The summed E-state index contributed by atoms with van der Waals surface area (Å²) in [6.07, 6.45) is 5.57. The van der Waals surface area contributed by atoms with Crippen LogP contribution in [0.3, 0.4) is 0 Å². The number of nitrogens with zero attached hydrogens (tertiary/aromatic N) is 2. The van der Waals surface area contributed by atoms with Gasteiger partial charge in [0.15, 0.2) is 0 Å². The summed E-state index contributed by atoms with van der Waals surface area (Å²) in [6, 6.07) is 12.4. The largest absolute Gasteiger partial charge is 0.395 e. The number of pyridine rings is 2. The van der Waals surface area contributed by atoms with Crippen molar-refractivity contribution in [3.05, 3.63) is 55.0 Å². The predicted molar refractivity (Wildman–Crippen MR) is 138 cm³/mol. The zero-order valence-corrected chi connectivity index (χ0v) is 19.8. The van der Waals surface area contributed by atoms with E-state index in [9.17, 15) is 0 Å². The molecule has 1 aromatic carbocycles. The molecule has 9 nitrogen and oxygen atoms in total. The molecule has 0 unspecified atom stereocenters.